The Hall–Kier alpha value is -0.870. The normalized spacial score (nSPS) is 11.4. The highest BCUT2D eigenvalue weighted by Crippen LogP contribution is 2.13. The molecular formula is C14H27N3O. The monoisotopic (exact) mass is 253 g/mol. The highest BCUT2D eigenvalue weighted by molar-refractivity contribution is 5.24. The first-order valence-corrected chi connectivity index (χ1v) is 6.81. The van der Waals surface area contributed by atoms with Gasteiger partial charge in [0.25, 0.3) is 0 Å². The molecule has 0 aliphatic carbocycles. The number of nitrogens with zero attached hydrogens (tertiary/aromatic N) is 2. The summed E-state index contributed by atoms with van der Waals surface area (Å²) in [4.78, 5) is 0. The zero-order valence-corrected chi connectivity index (χ0v) is 12.4. The predicted molar refractivity (Wildman–Crippen MR) is 74.8 cm³/mol. The maximum atomic E-state index is 5.06. The Morgan fingerprint density at radius 2 is 2.00 bits per heavy atom. The van der Waals surface area contributed by atoms with Gasteiger partial charge in [0.1, 0.15) is 0 Å². The van der Waals surface area contributed by atoms with Gasteiger partial charge in [-0.3, -0.25) is 4.68 Å². The Morgan fingerprint density at radius 1 is 1.28 bits per heavy atom. The molecule has 1 rings (SSSR count). The molecule has 104 valence electrons. The fourth-order valence-electron chi connectivity index (χ4n) is 2.02. The number of hydrogen-bond donors (Lipinski definition) is 1. The number of methoxy groups -OCH3 is 1. The molecule has 4 heteroatoms. The highest BCUT2D eigenvalue weighted by Gasteiger charge is 2.11. The van der Waals surface area contributed by atoms with Crippen molar-refractivity contribution in [2.75, 3.05) is 13.7 Å². The number of nitrogens with one attached hydrogen (secondary N) is 1. The molecule has 4 nitrogen and oxygen atoms in total. The molecule has 1 aromatic rings. The number of ether oxygens (including phenoxy) is 1. The van der Waals surface area contributed by atoms with Gasteiger partial charge in [0, 0.05) is 44.1 Å². The van der Waals surface area contributed by atoms with Gasteiger partial charge in [0.2, 0.25) is 0 Å². The highest BCUT2D eigenvalue weighted by atomic mass is 16.5. The first kappa shape index (κ1) is 15.2. The molecule has 1 N–H and O–H groups in total. The smallest absolute Gasteiger partial charge is 0.0641 e. The minimum atomic E-state index is 0.508. The fourth-order valence-corrected chi connectivity index (χ4v) is 2.02. The third kappa shape index (κ3) is 4.42. The zero-order chi connectivity index (χ0) is 13.5. The standard InChI is InChI=1S/C14H27N3O/c1-11(2)15-10-14-12(3)16-17(13(14)4)8-6-7-9-18-5/h11,15H,6-10H2,1-5H3. The molecule has 0 spiro atoms. The molecular weight excluding hydrogens is 226 g/mol. The van der Waals surface area contributed by atoms with E-state index in [1.165, 1.54) is 11.3 Å². The molecule has 0 fully saturated rings. The lowest BCUT2D eigenvalue weighted by atomic mass is 10.2. The van der Waals surface area contributed by atoms with Gasteiger partial charge >= 0.3 is 0 Å². The number of unbranched alkanes of at least 4 members (excludes halogenated alkanes) is 1. The average molecular weight is 253 g/mol. The van der Waals surface area contributed by atoms with Gasteiger partial charge in [-0.25, -0.2) is 0 Å². The van der Waals surface area contributed by atoms with E-state index in [9.17, 15) is 0 Å². The lowest BCUT2D eigenvalue weighted by Gasteiger charge is -2.09. The summed E-state index contributed by atoms with van der Waals surface area (Å²) in [5.41, 5.74) is 3.78. The van der Waals surface area contributed by atoms with Crippen LogP contribution in [0, 0.1) is 13.8 Å². The summed E-state index contributed by atoms with van der Waals surface area (Å²) in [6.07, 6.45) is 2.21. The van der Waals surface area contributed by atoms with Crippen molar-refractivity contribution in [1.82, 2.24) is 15.1 Å². The van der Waals surface area contributed by atoms with Crippen molar-refractivity contribution < 1.29 is 4.74 Å². The van der Waals surface area contributed by atoms with Crippen molar-refractivity contribution in [1.29, 1.82) is 0 Å². The topological polar surface area (TPSA) is 39.1 Å². The Bertz CT molecular complexity index is 358. The van der Waals surface area contributed by atoms with E-state index in [1.54, 1.807) is 7.11 Å². The van der Waals surface area contributed by atoms with Gasteiger partial charge in [-0.1, -0.05) is 13.8 Å². The van der Waals surface area contributed by atoms with Gasteiger partial charge in [-0.15, -0.1) is 0 Å². The van der Waals surface area contributed by atoms with Gasteiger partial charge in [-0.05, 0) is 26.7 Å². The third-order valence-corrected chi connectivity index (χ3v) is 3.19. The van der Waals surface area contributed by atoms with Crippen LogP contribution >= 0.6 is 0 Å². The SMILES string of the molecule is COCCCCn1nc(C)c(CNC(C)C)c1C. The Kier molecular flexibility index (Phi) is 6.36. The number of hydrogen-bond acceptors (Lipinski definition) is 3. The molecule has 0 bridgehead atoms. The van der Waals surface area contributed by atoms with Gasteiger partial charge in [0.15, 0.2) is 0 Å². The molecule has 18 heavy (non-hydrogen) atoms. The van der Waals surface area contributed by atoms with Crippen LogP contribution in [0.5, 0.6) is 0 Å². The van der Waals surface area contributed by atoms with E-state index >= 15 is 0 Å². The first-order valence-electron chi connectivity index (χ1n) is 6.81. The van der Waals surface area contributed by atoms with Gasteiger partial charge in [-0.2, -0.15) is 5.10 Å². The second kappa shape index (κ2) is 7.54. The molecule has 1 heterocycles. The van der Waals surface area contributed by atoms with Crippen molar-refractivity contribution in [3.63, 3.8) is 0 Å². The van der Waals surface area contributed by atoms with Crippen molar-refractivity contribution in [2.45, 2.75) is 59.7 Å². The zero-order valence-electron chi connectivity index (χ0n) is 12.4. The van der Waals surface area contributed by atoms with Crippen molar-refractivity contribution in [3.8, 4) is 0 Å². The van der Waals surface area contributed by atoms with Gasteiger partial charge < -0.3 is 10.1 Å². The number of aryl methyl sites for hydroxylation is 2. The minimum Gasteiger partial charge on any atom is -0.385 e. The lowest BCUT2D eigenvalue weighted by molar-refractivity contribution is 0.191. The van der Waals surface area contributed by atoms with Crippen LogP contribution in [0.25, 0.3) is 0 Å². The van der Waals surface area contributed by atoms with Crippen molar-refractivity contribution in [2.24, 2.45) is 0 Å². The summed E-state index contributed by atoms with van der Waals surface area (Å²) in [6.45, 7) is 11.3. The predicted octanol–water partition coefficient (Wildman–Crippen LogP) is 2.42. The van der Waals surface area contributed by atoms with Crippen LogP contribution in [0.4, 0.5) is 0 Å². The van der Waals surface area contributed by atoms with E-state index in [1.807, 2.05) is 0 Å². The van der Waals surface area contributed by atoms with Gasteiger partial charge in [0.05, 0.1) is 5.69 Å². The summed E-state index contributed by atoms with van der Waals surface area (Å²) in [7, 11) is 1.75. The Labute approximate surface area is 111 Å². The van der Waals surface area contributed by atoms with Crippen LogP contribution in [0.3, 0.4) is 0 Å². The molecule has 0 aliphatic heterocycles. The molecule has 1 aromatic heterocycles. The van der Waals surface area contributed by atoms with E-state index in [4.69, 9.17) is 4.74 Å². The molecule has 0 unspecified atom stereocenters. The summed E-state index contributed by atoms with van der Waals surface area (Å²) in [5, 5.41) is 8.08. The first-order chi connectivity index (χ1) is 8.56. The molecule has 0 saturated heterocycles. The van der Waals surface area contributed by atoms with Crippen LogP contribution in [0.1, 0.15) is 43.6 Å². The van der Waals surface area contributed by atoms with Crippen LogP contribution in [-0.4, -0.2) is 29.5 Å². The van der Waals surface area contributed by atoms with Crippen molar-refractivity contribution in [3.05, 3.63) is 17.0 Å². The molecule has 0 aromatic carbocycles. The molecule has 0 atom stereocenters. The molecule has 0 radical (unpaired) electrons. The number of aromatic nitrogens is 2. The average Bonchev–Trinajstić information content (AvgIpc) is 2.58. The summed E-state index contributed by atoms with van der Waals surface area (Å²) in [5.74, 6) is 0. The largest absolute Gasteiger partial charge is 0.385 e. The van der Waals surface area contributed by atoms with E-state index in [0.29, 0.717) is 6.04 Å². The third-order valence-electron chi connectivity index (χ3n) is 3.19. The van der Waals surface area contributed by atoms with Crippen molar-refractivity contribution >= 4 is 0 Å². The maximum absolute atomic E-state index is 5.06. The van der Waals surface area contributed by atoms with E-state index in [-0.39, 0.29) is 0 Å². The second-order valence-electron chi connectivity index (χ2n) is 5.11. The molecule has 0 saturated carbocycles. The number of rotatable bonds is 8. The van der Waals surface area contributed by atoms with E-state index < -0.39 is 0 Å². The van der Waals surface area contributed by atoms with Crippen LogP contribution in [-0.2, 0) is 17.8 Å². The quantitative estimate of drug-likeness (QED) is 0.723. The van der Waals surface area contributed by atoms with Crippen LogP contribution in [0.15, 0.2) is 0 Å². The maximum Gasteiger partial charge on any atom is 0.0641 e. The van der Waals surface area contributed by atoms with Crippen LogP contribution in [0.2, 0.25) is 0 Å². The lowest BCUT2D eigenvalue weighted by Crippen LogP contribution is -2.22. The molecule has 0 amide bonds. The summed E-state index contributed by atoms with van der Waals surface area (Å²) in [6, 6.07) is 0.508. The second-order valence-corrected chi connectivity index (χ2v) is 5.11. The Balaban J connectivity index is 2.56. The minimum absolute atomic E-state index is 0.508. The van der Waals surface area contributed by atoms with E-state index in [2.05, 4.69) is 42.8 Å². The van der Waals surface area contributed by atoms with E-state index in [0.717, 1.165) is 38.2 Å². The van der Waals surface area contributed by atoms with Crippen LogP contribution < -0.4 is 5.32 Å². The summed E-state index contributed by atoms with van der Waals surface area (Å²) < 4.78 is 7.19. The Morgan fingerprint density at radius 3 is 2.61 bits per heavy atom. The fraction of sp³-hybridized carbons (Fsp3) is 0.786. The summed E-state index contributed by atoms with van der Waals surface area (Å²) >= 11 is 0. The molecule has 0 aliphatic rings.